The van der Waals surface area contributed by atoms with Crippen LogP contribution in [-0.4, -0.2) is 43.8 Å². The highest BCUT2D eigenvalue weighted by atomic mass is 19.1. The van der Waals surface area contributed by atoms with Gasteiger partial charge in [-0.1, -0.05) is 25.1 Å². The summed E-state index contributed by atoms with van der Waals surface area (Å²) in [6.45, 7) is 7.83. The number of methoxy groups -OCH3 is 2. The molecule has 0 bridgehead atoms. The molecule has 1 heterocycles. The summed E-state index contributed by atoms with van der Waals surface area (Å²) in [6.07, 6.45) is 2.87. The molecule has 1 aliphatic rings. The molecule has 2 aromatic carbocycles. The number of hydrogen-bond acceptors (Lipinski definition) is 4. The second kappa shape index (κ2) is 10.6. The Bertz CT molecular complexity index is 944. The summed E-state index contributed by atoms with van der Waals surface area (Å²) >= 11 is 0. The molecule has 180 valence electrons. The molecule has 5 nitrogen and oxygen atoms in total. The Kier molecular flexibility index (Phi) is 8.01. The predicted molar refractivity (Wildman–Crippen MR) is 127 cm³/mol. The molecular formula is C27H36FNO4. The fraction of sp³-hybridized carbons (Fsp3) is 0.519. The zero-order chi connectivity index (χ0) is 24.1. The SMILES string of the molecule is CCC(=O)N(CC[C@@]1(c2ccc(F)cc2)CCOC(C)(C)C1)Cc1ccc(OC)c(OC)c1. The Morgan fingerprint density at radius 1 is 1.09 bits per heavy atom. The fourth-order valence-corrected chi connectivity index (χ4v) is 4.95. The van der Waals surface area contributed by atoms with Crippen LogP contribution in [0.3, 0.4) is 0 Å². The zero-order valence-corrected chi connectivity index (χ0v) is 20.4. The van der Waals surface area contributed by atoms with E-state index in [1.807, 2.05) is 42.2 Å². The number of hydrogen-bond donors (Lipinski definition) is 0. The number of carbonyl (C=O) groups is 1. The van der Waals surface area contributed by atoms with Crippen molar-refractivity contribution >= 4 is 5.91 Å². The van der Waals surface area contributed by atoms with E-state index in [0.29, 0.717) is 37.6 Å². The van der Waals surface area contributed by atoms with E-state index < -0.39 is 0 Å². The maximum atomic E-state index is 13.7. The average Bonchev–Trinajstić information content (AvgIpc) is 2.80. The van der Waals surface area contributed by atoms with E-state index in [-0.39, 0.29) is 22.7 Å². The minimum atomic E-state index is -0.282. The van der Waals surface area contributed by atoms with Gasteiger partial charge in [0.05, 0.1) is 19.8 Å². The summed E-state index contributed by atoms with van der Waals surface area (Å²) in [5, 5.41) is 0. The van der Waals surface area contributed by atoms with Gasteiger partial charge in [-0.3, -0.25) is 4.79 Å². The molecule has 6 heteroatoms. The van der Waals surface area contributed by atoms with Crippen LogP contribution in [0.2, 0.25) is 0 Å². The maximum absolute atomic E-state index is 13.7. The molecule has 1 fully saturated rings. The molecule has 0 unspecified atom stereocenters. The fourth-order valence-electron chi connectivity index (χ4n) is 4.95. The van der Waals surface area contributed by atoms with Crippen molar-refractivity contribution in [3.63, 3.8) is 0 Å². The summed E-state index contributed by atoms with van der Waals surface area (Å²) < 4.78 is 30.4. The number of amides is 1. The van der Waals surface area contributed by atoms with Crippen molar-refractivity contribution in [3.05, 3.63) is 59.4 Å². The summed E-state index contributed by atoms with van der Waals surface area (Å²) in [6, 6.07) is 12.6. The van der Waals surface area contributed by atoms with Gasteiger partial charge in [-0.05, 0) is 68.5 Å². The Morgan fingerprint density at radius 3 is 2.39 bits per heavy atom. The smallest absolute Gasteiger partial charge is 0.222 e. The molecule has 0 N–H and O–H groups in total. The van der Waals surface area contributed by atoms with Crippen LogP contribution < -0.4 is 9.47 Å². The average molecular weight is 458 g/mol. The largest absolute Gasteiger partial charge is 0.493 e. The van der Waals surface area contributed by atoms with Crippen LogP contribution >= 0.6 is 0 Å². The van der Waals surface area contributed by atoms with Crippen molar-refractivity contribution in [3.8, 4) is 11.5 Å². The zero-order valence-electron chi connectivity index (χ0n) is 20.4. The van der Waals surface area contributed by atoms with E-state index in [9.17, 15) is 9.18 Å². The molecule has 1 saturated heterocycles. The van der Waals surface area contributed by atoms with Crippen LogP contribution in [0, 0.1) is 5.82 Å². The van der Waals surface area contributed by atoms with E-state index in [1.54, 1.807) is 14.2 Å². The maximum Gasteiger partial charge on any atom is 0.222 e. The number of rotatable bonds is 9. The molecule has 1 amide bonds. The lowest BCUT2D eigenvalue weighted by atomic mass is 9.67. The van der Waals surface area contributed by atoms with Gasteiger partial charge in [-0.15, -0.1) is 0 Å². The summed E-state index contributed by atoms with van der Waals surface area (Å²) in [4.78, 5) is 14.8. The van der Waals surface area contributed by atoms with E-state index in [4.69, 9.17) is 14.2 Å². The Hall–Kier alpha value is -2.60. The lowest BCUT2D eigenvalue weighted by molar-refractivity contribution is -0.132. The van der Waals surface area contributed by atoms with E-state index in [0.717, 1.165) is 30.4 Å². The topological polar surface area (TPSA) is 48.0 Å². The monoisotopic (exact) mass is 457 g/mol. The molecule has 1 aliphatic heterocycles. The van der Waals surface area contributed by atoms with Crippen LogP contribution in [0.5, 0.6) is 11.5 Å². The normalized spacial score (nSPS) is 19.7. The van der Waals surface area contributed by atoms with Gasteiger partial charge >= 0.3 is 0 Å². The molecular weight excluding hydrogens is 421 g/mol. The third kappa shape index (κ3) is 6.05. The van der Waals surface area contributed by atoms with Crippen molar-refractivity contribution in [1.29, 1.82) is 0 Å². The van der Waals surface area contributed by atoms with Gasteiger partial charge in [0, 0.05) is 31.5 Å². The second-order valence-corrected chi connectivity index (χ2v) is 9.43. The highest BCUT2D eigenvalue weighted by molar-refractivity contribution is 5.75. The number of carbonyl (C=O) groups excluding carboxylic acids is 1. The lowest BCUT2D eigenvalue weighted by Crippen LogP contribution is -2.46. The van der Waals surface area contributed by atoms with Gasteiger partial charge in [-0.25, -0.2) is 4.39 Å². The van der Waals surface area contributed by atoms with Crippen molar-refractivity contribution in [1.82, 2.24) is 4.90 Å². The molecule has 0 aliphatic carbocycles. The number of benzene rings is 2. The van der Waals surface area contributed by atoms with Crippen LogP contribution in [0.25, 0.3) is 0 Å². The first-order valence-corrected chi connectivity index (χ1v) is 11.6. The van der Waals surface area contributed by atoms with Gasteiger partial charge in [0.25, 0.3) is 0 Å². The van der Waals surface area contributed by atoms with Gasteiger partial charge in [0.1, 0.15) is 5.82 Å². The Morgan fingerprint density at radius 2 is 1.79 bits per heavy atom. The third-order valence-electron chi connectivity index (χ3n) is 6.63. The van der Waals surface area contributed by atoms with Crippen LogP contribution in [-0.2, 0) is 21.5 Å². The molecule has 33 heavy (non-hydrogen) atoms. The summed E-state index contributed by atoms with van der Waals surface area (Å²) in [7, 11) is 3.21. The van der Waals surface area contributed by atoms with E-state index >= 15 is 0 Å². The number of nitrogens with zero attached hydrogens (tertiary/aromatic N) is 1. The van der Waals surface area contributed by atoms with Crippen LogP contribution in [0.15, 0.2) is 42.5 Å². The van der Waals surface area contributed by atoms with E-state index in [1.165, 1.54) is 12.1 Å². The predicted octanol–water partition coefficient (Wildman–Crippen LogP) is 5.50. The van der Waals surface area contributed by atoms with Crippen molar-refractivity contribution < 1.29 is 23.4 Å². The molecule has 1 atom stereocenters. The first kappa shape index (κ1) is 25.0. The Balaban J connectivity index is 1.85. The standard InChI is InChI=1S/C27H36FNO4/c1-6-25(30)29(18-20-7-12-23(31-4)24(17-20)32-5)15-13-27(14-16-33-26(2,3)19-27)21-8-10-22(28)11-9-21/h7-12,17H,6,13-16,18-19H2,1-5H3/t27-/m1/s1. The molecule has 0 aromatic heterocycles. The van der Waals surface area contributed by atoms with Crippen LogP contribution in [0.1, 0.15) is 57.6 Å². The molecule has 0 spiro atoms. The minimum Gasteiger partial charge on any atom is -0.493 e. The summed E-state index contributed by atoms with van der Waals surface area (Å²) in [5.74, 6) is 1.17. The van der Waals surface area contributed by atoms with Gasteiger partial charge in [0.2, 0.25) is 5.91 Å². The van der Waals surface area contributed by atoms with Crippen molar-refractivity contribution in [2.24, 2.45) is 0 Å². The van der Waals surface area contributed by atoms with Gasteiger partial charge in [-0.2, -0.15) is 0 Å². The Labute approximate surface area is 196 Å². The molecule has 0 saturated carbocycles. The third-order valence-corrected chi connectivity index (χ3v) is 6.63. The first-order chi connectivity index (χ1) is 15.7. The quantitative estimate of drug-likeness (QED) is 0.499. The van der Waals surface area contributed by atoms with Gasteiger partial charge in [0.15, 0.2) is 11.5 Å². The second-order valence-electron chi connectivity index (χ2n) is 9.43. The van der Waals surface area contributed by atoms with Crippen molar-refractivity contribution in [2.75, 3.05) is 27.4 Å². The highest BCUT2D eigenvalue weighted by Crippen LogP contribution is 2.44. The molecule has 2 aromatic rings. The number of ether oxygens (including phenoxy) is 3. The van der Waals surface area contributed by atoms with Crippen molar-refractivity contribution in [2.45, 2.75) is 64.0 Å². The number of halogens is 1. The van der Waals surface area contributed by atoms with E-state index in [2.05, 4.69) is 13.8 Å². The molecule has 3 rings (SSSR count). The first-order valence-electron chi connectivity index (χ1n) is 11.6. The molecule has 0 radical (unpaired) electrons. The summed E-state index contributed by atoms with van der Waals surface area (Å²) in [5.41, 5.74) is 1.63. The lowest BCUT2D eigenvalue weighted by Gasteiger charge is -2.46. The van der Waals surface area contributed by atoms with Gasteiger partial charge < -0.3 is 19.1 Å². The minimum absolute atomic E-state index is 0.102. The van der Waals surface area contributed by atoms with Crippen LogP contribution in [0.4, 0.5) is 4.39 Å². The highest BCUT2D eigenvalue weighted by Gasteiger charge is 2.42.